The fourth-order valence-electron chi connectivity index (χ4n) is 3.27. The Morgan fingerprint density at radius 2 is 1.79 bits per heavy atom. The fraction of sp³-hybridized carbons (Fsp3) is 0.409. The summed E-state index contributed by atoms with van der Waals surface area (Å²) in [5.41, 5.74) is 4.63. The minimum absolute atomic E-state index is 0.354. The van der Waals surface area contributed by atoms with Gasteiger partial charge >= 0.3 is 0 Å². The zero-order chi connectivity index (χ0) is 21.8. The normalized spacial score (nSPS) is 12.5. The van der Waals surface area contributed by atoms with Gasteiger partial charge in [0.15, 0.2) is 0 Å². The van der Waals surface area contributed by atoms with E-state index in [-0.39, 0.29) is 5.91 Å². The number of nitrogens with zero attached hydrogens (tertiary/aromatic N) is 1. The Morgan fingerprint density at radius 1 is 1.10 bits per heavy atom. The second kappa shape index (κ2) is 9.63. The summed E-state index contributed by atoms with van der Waals surface area (Å²) >= 11 is 6.17. The standard InChI is InChI=1S/C22H29ClN2O3S/c1-6-17-9-10-18(7-2)19(12-17)14-24-22(26)16(4)25(29(5,27)28)20-11-8-15(3)21(23)13-20/h8-13,16H,6-7,14H2,1-5H3,(H,24,26)/t16-/m1/s1. The van der Waals surface area contributed by atoms with Gasteiger partial charge in [-0.1, -0.05) is 49.7 Å². The van der Waals surface area contributed by atoms with E-state index in [1.54, 1.807) is 25.1 Å². The van der Waals surface area contributed by atoms with Gasteiger partial charge in [0.2, 0.25) is 15.9 Å². The monoisotopic (exact) mass is 436 g/mol. The van der Waals surface area contributed by atoms with Gasteiger partial charge in [0.25, 0.3) is 0 Å². The smallest absolute Gasteiger partial charge is 0.243 e. The molecule has 0 bridgehead atoms. The van der Waals surface area contributed by atoms with Crippen molar-refractivity contribution in [3.63, 3.8) is 0 Å². The molecule has 2 aromatic rings. The zero-order valence-corrected chi connectivity index (χ0v) is 19.2. The summed E-state index contributed by atoms with van der Waals surface area (Å²) < 4.78 is 26.0. The van der Waals surface area contributed by atoms with Crippen molar-refractivity contribution in [3.8, 4) is 0 Å². The molecule has 0 aliphatic carbocycles. The molecule has 0 aromatic heterocycles. The van der Waals surface area contributed by atoms with Crippen molar-refractivity contribution in [1.29, 1.82) is 0 Å². The van der Waals surface area contributed by atoms with Gasteiger partial charge in [0.1, 0.15) is 6.04 Å². The lowest BCUT2D eigenvalue weighted by Gasteiger charge is -2.28. The number of nitrogens with one attached hydrogen (secondary N) is 1. The number of amides is 1. The molecule has 1 N–H and O–H groups in total. The Bertz CT molecular complexity index is 990. The third-order valence-electron chi connectivity index (χ3n) is 5.01. The quantitative estimate of drug-likeness (QED) is 0.672. The maximum Gasteiger partial charge on any atom is 0.243 e. The molecule has 0 saturated heterocycles. The van der Waals surface area contributed by atoms with Crippen molar-refractivity contribution < 1.29 is 13.2 Å². The topological polar surface area (TPSA) is 66.5 Å². The molecule has 0 saturated carbocycles. The van der Waals surface area contributed by atoms with Crippen LogP contribution < -0.4 is 9.62 Å². The maximum atomic E-state index is 12.8. The highest BCUT2D eigenvalue weighted by Gasteiger charge is 2.29. The van der Waals surface area contributed by atoms with Crippen LogP contribution in [0.15, 0.2) is 36.4 Å². The van der Waals surface area contributed by atoms with Gasteiger partial charge < -0.3 is 5.32 Å². The Kier molecular flexibility index (Phi) is 7.72. The second-order valence-electron chi connectivity index (χ2n) is 7.20. The van der Waals surface area contributed by atoms with Crippen LogP contribution in [0.5, 0.6) is 0 Å². The lowest BCUT2D eigenvalue weighted by atomic mass is 10.0. The van der Waals surface area contributed by atoms with Crippen LogP contribution in [0.2, 0.25) is 5.02 Å². The number of sulfonamides is 1. The maximum absolute atomic E-state index is 12.8. The van der Waals surface area contributed by atoms with E-state index in [0.29, 0.717) is 17.3 Å². The highest BCUT2D eigenvalue weighted by atomic mass is 35.5. The Morgan fingerprint density at radius 3 is 2.34 bits per heavy atom. The molecular weight excluding hydrogens is 408 g/mol. The molecule has 7 heteroatoms. The molecule has 0 spiro atoms. The van der Waals surface area contributed by atoms with E-state index < -0.39 is 16.1 Å². The molecular formula is C22H29ClN2O3S. The number of carbonyl (C=O) groups is 1. The van der Waals surface area contributed by atoms with Crippen molar-refractivity contribution in [1.82, 2.24) is 5.32 Å². The molecule has 0 heterocycles. The van der Waals surface area contributed by atoms with E-state index in [1.165, 1.54) is 11.1 Å². The van der Waals surface area contributed by atoms with Crippen molar-refractivity contribution in [2.24, 2.45) is 0 Å². The predicted molar refractivity (Wildman–Crippen MR) is 120 cm³/mol. The van der Waals surface area contributed by atoms with Crippen molar-refractivity contribution in [2.75, 3.05) is 10.6 Å². The van der Waals surface area contributed by atoms with E-state index in [9.17, 15) is 13.2 Å². The number of benzene rings is 2. The summed E-state index contributed by atoms with van der Waals surface area (Å²) in [4.78, 5) is 12.8. The number of halogens is 1. The molecule has 0 aliphatic rings. The summed E-state index contributed by atoms with van der Waals surface area (Å²) in [5, 5.41) is 3.35. The highest BCUT2D eigenvalue weighted by Crippen LogP contribution is 2.26. The van der Waals surface area contributed by atoms with E-state index >= 15 is 0 Å². The van der Waals surface area contributed by atoms with Crippen LogP contribution in [0, 0.1) is 6.92 Å². The lowest BCUT2D eigenvalue weighted by molar-refractivity contribution is -0.122. The SMILES string of the molecule is CCc1ccc(CC)c(CNC(=O)[C@@H](C)N(c2ccc(C)c(Cl)c2)S(C)(=O)=O)c1. The summed E-state index contributed by atoms with van der Waals surface area (Å²) in [6.07, 6.45) is 2.86. The molecule has 29 heavy (non-hydrogen) atoms. The summed E-state index contributed by atoms with van der Waals surface area (Å²) in [7, 11) is -3.68. The summed E-state index contributed by atoms with van der Waals surface area (Å²) in [6, 6.07) is 10.3. The molecule has 1 amide bonds. The first-order valence-corrected chi connectivity index (χ1v) is 11.9. The number of hydrogen-bond acceptors (Lipinski definition) is 3. The third kappa shape index (κ3) is 5.73. The Balaban J connectivity index is 2.25. The van der Waals surface area contributed by atoms with Gasteiger partial charge in [0.05, 0.1) is 11.9 Å². The fourth-order valence-corrected chi connectivity index (χ4v) is 4.61. The number of aryl methyl sites for hydroxylation is 3. The number of rotatable bonds is 8. The van der Waals surface area contributed by atoms with E-state index in [1.807, 2.05) is 6.92 Å². The van der Waals surface area contributed by atoms with Gasteiger partial charge in [-0.2, -0.15) is 0 Å². The van der Waals surface area contributed by atoms with Gasteiger partial charge in [-0.05, 0) is 61.1 Å². The van der Waals surface area contributed by atoms with Gasteiger partial charge in [-0.3, -0.25) is 9.10 Å². The Labute approximate surface area is 179 Å². The highest BCUT2D eigenvalue weighted by molar-refractivity contribution is 7.92. The first-order valence-electron chi connectivity index (χ1n) is 9.72. The van der Waals surface area contributed by atoms with E-state index in [2.05, 4.69) is 37.4 Å². The molecule has 1 atom stereocenters. The third-order valence-corrected chi connectivity index (χ3v) is 6.66. The van der Waals surface area contributed by atoms with Crippen LogP contribution in [-0.2, 0) is 34.2 Å². The molecule has 5 nitrogen and oxygen atoms in total. The molecule has 2 aromatic carbocycles. The van der Waals surface area contributed by atoms with Crippen LogP contribution in [0.1, 0.15) is 43.0 Å². The largest absolute Gasteiger partial charge is 0.350 e. The lowest BCUT2D eigenvalue weighted by Crippen LogP contribution is -2.47. The minimum atomic E-state index is -3.68. The molecule has 0 fully saturated rings. The molecule has 0 unspecified atom stereocenters. The van der Waals surface area contributed by atoms with E-state index in [0.717, 1.165) is 34.5 Å². The minimum Gasteiger partial charge on any atom is -0.350 e. The van der Waals surface area contributed by atoms with Crippen molar-refractivity contribution >= 4 is 33.2 Å². The van der Waals surface area contributed by atoms with Crippen LogP contribution in [-0.4, -0.2) is 26.6 Å². The van der Waals surface area contributed by atoms with Crippen LogP contribution in [0.25, 0.3) is 0 Å². The van der Waals surface area contributed by atoms with Gasteiger partial charge in [-0.15, -0.1) is 0 Å². The van der Waals surface area contributed by atoms with Gasteiger partial charge in [0, 0.05) is 11.6 Å². The number of anilines is 1. The zero-order valence-electron chi connectivity index (χ0n) is 17.6. The average Bonchev–Trinajstić information content (AvgIpc) is 2.67. The second-order valence-corrected chi connectivity index (χ2v) is 9.46. The predicted octanol–water partition coefficient (Wildman–Crippen LogP) is 4.24. The summed E-state index contributed by atoms with van der Waals surface area (Å²) in [6.45, 7) is 7.92. The molecule has 2 rings (SSSR count). The molecule has 158 valence electrons. The van der Waals surface area contributed by atoms with Crippen LogP contribution in [0.4, 0.5) is 5.69 Å². The van der Waals surface area contributed by atoms with Crippen molar-refractivity contribution in [3.05, 3.63) is 63.7 Å². The van der Waals surface area contributed by atoms with Gasteiger partial charge in [-0.25, -0.2) is 8.42 Å². The van der Waals surface area contributed by atoms with Crippen LogP contribution >= 0.6 is 11.6 Å². The van der Waals surface area contributed by atoms with Crippen LogP contribution in [0.3, 0.4) is 0 Å². The first-order chi connectivity index (χ1) is 13.6. The molecule has 0 aliphatic heterocycles. The number of carbonyl (C=O) groups excluding carboxylic acids is 1. The summed E-state index contributed by atoms with van der Waals surface area (Å²) in [5.74, 6) is -0.365. The van der Waals surface area contributed by atoms with E-state index in [4.69, 9.17) is 11.6 Å². The molecule has 0 radical (unpaired) electrons. The Hall–Kier alpha value is -2.05. The van der Waals surface area contributed by atoms with Crippen molar-refractivity contribution in [2.45, 2.75) is 53.1 Å². The number of hydrogen-bond donors (Lipinski definition) is 1. The average molecular weight is 437 g/mol. The first kappa shape index (κ1) is 23.2.